The van der Waals surface area contributed by atoms with E-state index in [9.17, 15) is 9.59 Å². The van der Waals surface area contributed by atoms with Crippen LogP contribution in [0.15, 0.2) is 24.3 Å². The predicted molar refractivity (Wildman–Crippen MR) is 68.7 cm³/mol. The molecule has 6 heteroatoms. The topological polar surface area (TPSA) is 67.4 Å². The van der Waals surface area contributed by atoms with Gasteiger partial charge in [-0.2, -0.15) is 0 Å². The van der Waals surface area contributed by atoms with E-state index in [4.69, 9.17) is 16.3 Å². The Kier molecular flexibility index (Phi) is 5.45. The summed E-state index contributed by atoms with van der Waals surface area (Å²) in [7, 11) is 1.57. The SMILES string of the molecule is COc1cccc(CNC(=O)NC(=O)C(C)Cl)c1. The Balaban J connectivity index is 2.44. The monoisotopic (exact) mass is 270 g/mol. The van der Waals surface area contributed by atoms with Crippen LogP contribution in [-0.4, -0.2) is 24.4 Å². The lowest BCUT2D eigenvalue weighted by Crippen LogP contribution is -2.41. The van der Waals surface area contributed by atoms with E-state index in [0.717, 1.165) is 5.56 Å². The number of imide groups is 1. The summed E-state index contributed by atoms with van der Waals surface area (Å²) in [6.45, 7) is 1.79. The maximum Gasteiger partial charge on any atom is 0.321 e. The summed E-state index contributed by atoms with van der Waals surface area (Å²) in [6, 6.07) is 6.69. The van der Waals surface area contributed by atoms with Gasteiger partial charge in [-0.3, -0.25) is 10.1 Å². The van der Waals surface area contributed by atoms with Crippen molar-refractivity contribution in [2.24, 2.45) is 0 Å². The van der Waals surface area contributed by atoms with E-state index in [1.54, 1.807) is 13.2 Å². The second-order valence-electron chi connectivity index (χ2n) is 3.64. The molecule has 2 N–H and O–H groups in total. The molecular weight excluding hydrogens is 256 g/mol. The number of carbonyl (C=O) groups is 2. The van der Waals surface area contributed by atoms with Crippen molar-refractivity contribution in [3.8, 4) is 5.75 Å². The zero-order valence-corrected chi connectivity index (χ0v) is 11.0. The van der Waals surface area contributed by atoms with Crippen LogP contribution in [-0.2, 0) is 11.3 Å². The first kappa shape index (κ1) is 14.3. The minimum absolute atomic E-state index is 0.299. The molecule has 0 saturated carbocycles. The summed E-state index contributed by atoms with van der Waals surface area (Å²) >= 11 is 5.52. The van der Waals surface area contributed by atoms with E-state index in [-0.39, 0.29) is 0 Å². The zero-order valence-electron chi connectivity index (χ0n) is 10.2. The normalized spacial score (nSPS) is 11.5. The first-order valence-electron chi connectivity index (χ1n) is 5.38. The third-order valence-electron chi connectivity index (χ3n) is 2.19. The molecule has 0 spiro atoms. The predicted octanol–water partition coefficient (Wildman–Crippen LogP) is 1.65. The molecule has 1 atom stereocenters. The van der Waals surface area contributed by atoms with Crippen molar-refractivity contribution in [2.45, 2.75) is 18.8 Å². The van der Waals surface area contributed by atoms with Crippen LogP contribution in [0.1, 0.15) is 12.5 Å². The van der Waals surface area contributed by atoms with Crippen LogP contribution in [0, 0.1) is 0 Å². The summed E-state index contributed by atoms with van der Waals surface area (Å²) in [5.41, 5.74) is 0.871. The van der Waals surface area contributed by atoms with Gasteiger partial charge in [0.1, 0.15) is 11.1 Å². The van der Waals surface area contributed by atoms with Gasteiger partial charge in [0.15, 0.2) is 0 Å². The highest BCUT2D eigenvalue weighted by Gasteiger charge is 2.12. The molecule has 0 fully saturated rings. The Morgan fingerprint density at radius 1 is 1.44 bits per heavy atom. The van der Waals surface area contributed by atoms with Crippen LogP contribution in [0.4, 0.5) is 4.79 Å². The van der Waals surface area contributed by atoms with Crippen LogP contribution in [0.25, 0.3) is 0 Å². The molecule has 1 unspecified atom stereocenters. The van der Waals surface area contributed by atoms with Crippen molar-refractivity contribution < 1.29 is 14.3 Å². The van der Waals surface area contributed by atoms with Crippen LogP contribution in [0.3, 0.4) is 0 Å². The molecule has 0 aliphatic rings. The molecule has 1 rings (SSSR count). The van der Waals surface area contributed by atoms with Gasteiger partial charge in [0.05, 0.1) is 7.11 Å². The molecule has 0 saturated heterocycles. The summed E-state index contributed by atoms with van der Waals surface area (Å²) in [5.74, 6) is 0.181. The molecule has 0 aliphatic heterocycles. The molecule has 1 aromatic carbocycles. The van der Waals surface area contributed by atoms with Crippen molar-refractivity contribution in [1.29, 1.82) is 0 Å². The number of methoxy groups -OCH3 is 1. The molecule has 0 heterocycles. The number of nitrogens with one attached hydrogen (secondary N) is 2. The Morgan fingerprint density at radius 2 is 2.17 bits per heavy atom. The molecule has 0 aromatic heterocycles. The first-order chi connectivity index (χ1) is 8.52. The lowest BCUT2D eigenvalue weighted by atomic mass is 10.2. The first-order valence-corrected chi connectivity index (χ1v) is 5.82. The maximum absolute atomic E-state index is 11.4. The lowest BCUT2D eigenvalue weighted by Gasteiger charge is -2.08. The molecular formula is C12H15ClN2O3. The van der Waals surface area contributed by atoms with Gasteiger partial charge >= 0.3 is 6.03 Å². The molecule has 18 heavy (non-hydrogen) atoms. The van der Waals surface area contributed by atoms with Crippen LogP contribution < -0.4 is 15.4 Å². The van der Waals surface area contributed by atoms with E-state index in [1.807, 2.05) is 18.2 Å². The van der Waals surface area contributed by atoms with Gasteiger partial charge in [0, 0.05) is 6.54 Å². The largest absolute Gasteiger partial charge is 0.497 e. The lowest BCUT2D eigenvalue weighted by molar-refractivity contribution is -0.119. The van der Waals surface area contributed by atoms with Gasteiger partial charge in [0.25, 0.3) is 0 Å². The van der Waals surface area contributed by atoms with Crippen LogP contribution in [0.2, 0.25) is 0 Å². The van der Waals surface area contributed by atoms with E-state index < -0.39 is 17.3 Å². The van der Waals surface area contributed by atoms with Crippen molar-refractivity contribution in [3.05, 3.63) is 29.8 Å². The summed E-state index contributed by atoms with van der Waals surface area (Å²) in [5, 5.41) is 3.93. The number of amides is 3. The van der Waals surface area contributed by atoms with Gasteiger partial charge in [-0.1, -0.05) is 12.1 Å². The maximum atomic E-state index is 11.4. The molecule has 0 bridgehead atoms. The molecule has 5 nitrogen and oxygen atoms in total. The minimum atomic E-state index is -0.743. The zero-order chi connectivity index (χ0) is 13.5. The van der Waals surface area contributed by atoms with E-state index in [2.05, 4.69) is 10.6 Å². The third kappa shape index (κ3) is 4.63. The average Bonchev–Trinajstić information content (AvgIpc) is 2.36. The fraction of sp³-hybridized carbons (Fsp3) is 0.333. The van der Waals surface area contributed by atoms with E-state index >= 15 is 0 Å². The standard InChI is InChI=1S/C12H15ClN2O3/c1-8(13)11(16)15-12(17)14-7-9-4-3-5-10(6-9)18-2/h3-6,8H,7H2,1-2H3,(H2,14,15,16,17). The fourth-order valence-electron chi connectivity index (χ4n) is 1.22. The average molecular weight is 271 g/mol. The highest BCUT2D eigenvalue weighted by atomic mass is 35.5. The Hall–Kier alpha value is -1.75. The minimum Gasteiger partial charge on any atom is -0.497 e. The number of rotatable bonds is 4. The number of benzene rings is 1. The van der Waals surface area contributed by atoms with Crippen LogP contribution >= 0.6 is 11.6 Å². The quantitative estimate of drug-likeness (QED) is 0.818. The second-order valence-corrected chi connectivity index (χ2v) is 4.29. The van der Waals surface area contributed by atoms with Gasteiger partial charge in [-0.25, -0.2) is 4.79 Å². The number of hydrogen-bond donors (Lipinski definition) is 2. The molecule has 98 valence electrons. The Bertz CT molecular complexity index is 435. The Labute approximate surface area is 110 Å². The molecule has 3 amide bonds. The van der Waals surface area contributed by atoms with Crippen molar-refractivity contribution >= 4 is 23.5 Å². The molecule has 0 radical (unpaired) electrons. The summed E-state index contributed by atoms with van der Waals surface area (Å²) in [4.78, 5) is 22.5. The number of hydrogen-bond acceptors (Lipinski definition) is 3. The highest BCUT2D eigenvalue weighted by Crippen LogP contribution is 2.11. The summed E-state index contributed by atoms with van der Waals surface area (Å²) in [6.07, 6.45) is 0. The number of ether oxygens (including phenoxy) is 1. The molecule has 1 aromatic rings. The van der Waals surface area contributed by atoms with Gasteiger partial charge < -0.3 is 10.1 Å². The van der Waals surface area contributed by atoms with Crippen molar-refractivity contribution in [1.82, 2.24) is 10.6 Å². The highest BCUT2D eigenvalue weighted by molar-refractivity contribution is 6.31. The van der Waals surface area contributed by atoms with Gasteiger partial charge in [-0.15, -0.1) is 11.6 Å². The van der Waals surface area contributed by atoms with Crippen molar-refractivity contribution in [2.75, 3.05) is 7.11 Å². The fourth-order valence-corrected chi connectivity index (χ4v) is 1.27. The summed E-state index contributed by atoms with van der Waals surface area (Å²) < 4.78 is 5.06. The van der Waals surface area contributed by atoms with Gasteiger partial charge in [0.2, 0.25) is 5.91 Å². The number of halogens is 1. The second kappa shape index (κ2) is 6.86. The van der Waals surface area contributed by atoms with E-state index in [0.29, 0.717) is 12.3 Å². The van der Waals surface area contributed by atoms with Crippen LogP contribution in [0.5, 0.6) is 5.75 Å². The molecule has 0 aliphatic carbocycles. The number of urea groups is 1. The van der Waals surface area contributed by atoms with Crippen molar-refractivity contribution in [3.63, 3.8) is 0 Å². The smallest absolute Gasteiger partial charge is 0.321 e. The Morgan fingerprint density at radius 3 is 2.78 bits per heavy atom. The number of alkyl halides is 1. The number of carbonyl (C=O) groups excluding carboxylic acids is 2. The van der Waals surface area contributed by atoms with Gasteiger partial charge in [-0.05, 0) is 24.6 Å². The van der Waals surface area contributed by atoms with E-state index in [1.165, 1.54) is 6.92 Å². The third-order valence-corrected chi connectivity index (χ3v) is 2.38.